The molecule has 0 aromatic heterocycles. The summed E-state index contributed by atoms with van der Waals surface area (Å²) in [7, 11) is 0. The van der Waals surface area contributed by atoms with Gasteiger partial charge < -0.3 is 9.84 Å². The molecule has 0 unspecified atom stereocenters. The third-order valence-corrected chi connectivity index (χ3v) is 6.29. The predicted molar refractivity (Wildman–Crippen MR) is 116 cm³/mol. The molecule has 0 spiro atoms. The van der Waals surface area contributed by atoms with E-state index in [-0.39, 0.29) is 12.6 Å². The second-order valence-electron chi connectivity index (χ2n) is 9.21. The van der Waals surface area contributed by atoms with E-state index in [1.54, 1.807) is 11.1 Å². The van der Waals surface area contributed by atoms with E-state index in [1.807, 2.05) is 0 Å². The molecule has 0 amide bonds. The number of hydrogen-bond donors (Lipinski definition) is 1. The van der Waals surface area contributed by atoms with Crippen LogP contribution in [0.25, 0.3) is 0 Å². The molecule has 0 aromatic rings. The fourth-order valence-electron chi connectivity index (χ4n) is 4.34. The van der Waals surface area contributed by atoms with Crippen LogP contribution in [0.3, 0.4) is 0 Å². The second kappa shape index (κ2) is 10.2. The Balaban J connectivity index is 1.75. The van der Waals surface area contributed by atoms with Gasteiger partial charge in [0.15, 0.2) is 0 Å². The zero-order valence-corrected chi connectivity index (χ0v) is 18.4. The van der Waals surface area contributed by atoms with Crippen molar-refractivity contribution in [3.8, 4) is 0 Å². The predicted octanol–water partition coefficient (Wildman–Crippen LogP) is 6.20. The van der Waals surface area contributed by atoms with E-state index in [9.17, 15) is 9.90 Å². The molecule has 1 aliphatic carbocycles. The number of esters is 1. The molecule has 3 nitrogen and oxygen atoms in total. The van der Waals surface area contributed by atoms with Gasteiger partial charge in [-0.25, -0.2) is 4.79 Å². The van der Waals surface area contributed by atoms with Crippen LogP contribution in [-0.2, 0) is 9.53 Å². The van der Waals surface area contributed by atoms with Gasteiger partial charge in [0.2, 0.25) is 0 Å². The van der Waals surface area contributed by atoms with Crippen molar-refractivity contribution in [2.45, 2.75) is 92.1 Å². The number of rotatable bonds is 9. The summed E-state index contributed by atoms with van der Waals surface area (Å²) < 4.78 is 4.85. The highest BCUT2D eigenvalue weighted by Gasteiger charge is 2.27. The fraction of sp³-hybridized carbons (Fsp3) is 0.640. The Hall–Kier alpha value is -1.61. The molecule has 0 fully saturated rings. The lowest BCUT2D eigenvalue weighted by Crippen LogP contribution is -2.20. The monoisotopic (exact) mass is 386 g/mol. The quantitative estimate of drug-likeness (QED) is 0.379. The highest BCUT2D eigenvalue weighted by Crippen LogP contribution is 2.42. The number of ether oxygens (including phenoxy) is 1. The van der Waals surface area contributed by atoms with Crippen molar-refractivity contribution in [1.29, 1.82) is 0 Å². The molecule has 0 radical (unpaired) electrons. The molecule has 2 rings (SSSR count). The van der Waals surface area contributed by atoms with Gasteiger partial charge in [-0.3, -0.25) is 0 Å². The lowest BCUT2D eigenvalue weighted by molar-refractivity contribution is -0.135. The Bertz CT molecular complexity index is 689. The number of hydrogen-bond acceptors (Lipinski definition) is 3. The summed E-state index contributed by atoms with van der Waals surface area (Å²) in [6.07, 6.45) is 14.1. The molecule has 2 aliphatic rings. The molecule has 28 heavy (non-hydrogen) atoms. The highest BCUT2D eigenvalue weighted by molar-refractivity contribution is 5.85. The van der Waals surface area contributed by atoms with E-state index < -0.39 is 6.10 Å². The molecule has 0 saturated carbocycles. The van der Waals surface area contributed by atoms with Gasteiger partial charge in [-0.1, -0.05) is 48.3 Å². The van der Waals surface area contributed by atoms with Gasteiger partial charge >= 0.3 is 5.97 Å². The van der Waals surface area contributed by atoms with Crippen molar-refractivity contribution in [2.24, 2.45) is 5.41 Å². The lowest BCUT2D eigenvalue weighted by Gasteiger charge is -2.35. The van der Waals surface area contributed by atoms with Crippen molar-refractivity contribution in [3.05, 3.63) is 46.1 Å². The molecule has 3 heteroatoms. The Morgan fingerprint density at radius 3 is 2.61 bits per heavy atom. The first kappa shape index (κ1) is 22.7. The average molecular weight is 387 g/mol. The van der Waals surface area contributed by atoms with E-state index >= 15 is 0 Å². The molecule has 156 valence electrons. The first-order chi connectivity index (χ1) is 13.2. The minimum absolute atomic E-state index is 0.224. The standard InChI is InChI=1S/C25H38O3/c1-18(11-13-22-20(3)10-7-15-25(22,4)5)8-6-9-19(2)12-14-23(26)21-16-24(27)28-17-21/h8,12,16,23,26H,6-7,9-11,13-15,17H2,1-5H3/b18-8+,19-12+/t23-/m1/s1. The van der Waals surface area contributed by atoms with E-state index in [1.165, 1.54) is 42.9 Å². The summed E-state index contributed by atoms with van der Waals surface area (Å²) in [5, 5.41) is 10.1. The third kappa shape index (κ3) is 6.77. The van der Waals surface area contributed by atoms with E-state index in [0.29, 0.717) is 17.4 Å². The summed E-state index contributed by atoms with van der Waals surface area (Å²) in [6, 6.07) is 0. The van der Waals surface area contributed by atoms with Crippen LogP contribution in [0.1, 0.15) is 86.0 Å². The minimum atomic E-state index is -0.617. The van der Waals surface area contributed by atoms with Crippen LogP contribution < -0.4 is 0 Å². The van der Waals surface area contributed by atoms with Gasteiger partial charge in [-0.2, -0.15) is 0 Å². The number of aliphatic hydroxyl groups excluding tert-OH is 1. The Labute approximate surface area is 171 Å². The van der Waals surface area contributed by atoms with Gasteiger partial charge in [0.25, 0.3) is 0 Å². The number of carbonyl (C=O) groups excluding carboxylic acids is 1. The first-order valence-corrected chi connectivity index (χ1v) is 10.7. The summed E-state index contributed by atoms with van der Waals surface area (Å²) in [5.41, 5.74) is 7.10. The SMILES string of the molecule is CC1=C(CC/C(C)=C/CC/C(C)=C/C[C@@H](O)C2=CC(=O)OC2)C(C)(C)CCC1. The number of allylic oxidation sites excluding steroid dienone is 5. The van der Waals surface area contributed by atoms with Crippen LogP contribution >= 0.6 is 0 Å². The molecule has 1 aliphatic heterocycles. The Morgan fingerprint density at radius 2 is 1.96 bits per heavy atom. The van der Waals surface area contributed by atoms with Crippen molar-refractivity contribution in [2.75, 3.05) is 6.61 Å². The van der Waals surface area contributed by atoms with Crippen LogP contribution in [0, 0.1) is 5.41 Å². The summed E-state index contributed by atoms with van der Waals surface area (Å²) >= 11 is 0. The third-order valence-electron chi connectivity index (χ3n) is 6.29. The van der Waals surface area contributed by atoms with Crippen LogP contribution in [-0.4, -0.2) is 23.8 Å². The average Bonchev–Trinajstić information content (AvgIpc) is 3.05. The maximum absolute atomic E-state index is 11.1. The summed E-state index contributed by atoms with van der Waals surface area (Å²) in [4.78, 5) is 11.1. The van der Waals surface area contributed by atoms with E-state index in [4.69, 9.17) is 4.74 Å². The molecule has 0 saturated heterocycles. The van der Waals surface area contributed by atoms with E-state index in [2.05, 4.69) is 46.8 Å². The second-order valence-corrected chi connectivity index (χ2v) is 9.21. The minimum Gasteiger partial charge on any atom is -0.458 e. The largest absolute Gasteiger partial charge is 0.458 e. The van der Waals surface area contributed by atoms with Gasteiger partial charge in [-0.05, 0) is 77.6 Å². The zero-order valence-electron chi connectivity index (χ0n) is 18.4. The maximum Gasteiger partial charge on any atom is 0.331 e. The molecule has 1 atom stereocenters. The van der Waals surface area contributed by atoms with Crippen molar-refractivity contribution < 1.29 is 14.6 Å². The van der Waals surface area contributed by atoms with Crippen molar-refractivity contribution in [3.63, 3.8) is 0 Å². The summed E-state index contributed by atoms with van der Waals surface area (Å²) in [6.45, 7) is 11.7. The van der Waals surface area contributed by atoms with Crippen LogP contribution in [0.15, 0.2) is 46.1 Å². The van der Waals surface area contributed by atoms with Gasteiger partial charge in [0, 0.05) is 11.6 Å². The number of aliphatic hydroxyl groups is 1. The molecule has 0 bridgehead atoms. The topological polar surface area (TPSA) is 46.5 Å². The molecule has 1 N–H and O–H groups in total. The first-order valence-electron chi connectivity index (χ1n) is 10.7. The van der Waals surface area contributed by atoms with Gasteiger partial charge in [0.05, 0.1) is 6.10 Å². The normalized spacial score (nSPS) is 21.6. The fourth-order valence-corrected chi connectivity index (χ4v) is 4.34. The summed E-state index contributed by atoms with van der Waals surface area (Å²) in [5.74, 6) is -0.349. The Morgan fingerprint density at radius 1 is 1.25 bits per heavy atom. The van der Waals surface area contributed by atoms with E-state index in [0.717, 1.165) is 19.3 Å². The molecular formula is C25H38O3. The van der Waals surface area contributed by atoms with Crippen LogP contribution in [0.5, 0.6) is 0 Å². The number of cyclic esters (lactones) is 1. The number of carbonyl (C=O) groups is 1. The molecule has 0 aromatic carbocycles. The maximum atomic E-state index is 11.1. The Kier molecular flexibility index (Phi) is 8.30. The van der Waals surface area contributed by atoms with Crippen molar-refractivity contribution >= 4 is 5.97 Å². The van der Waals surface area contributed by atoms with Crippen LogP contribution in [0.2, 0.25) is 0 Å². The smallest absolute Gasteiger partial charge is 0.331 e. The highest BCUT2D eigenvalue weighted by atomic mass is 16.5. The van der Waals surface area contributed by atoms with Gasteiger partial charge in [0.1, 0.15) is 6.61 Å². The molecular weight excluding hydrogens is 348 g/mol. The molecule has 1 heterocycles. The lowest BCUT2D eigenvalue weighted by atomic mass is 9.71. The van der Waals surface area contributed by atoms with Crippen molar-refractivity contribution in [1.82, 2.24) is 0 Å². The van der Waals surface area contributed by atoms with Crippen LogP contribution in [0.4, 0.5) is 0 Å². The van der Waals surface area contributed by atoms with Gasteiger partial charge in [-0.15, -0.1) is 0 Å². The zero-order chi connectivity index (χ0) is 20.7.